The van der Waals surface area contributed by atoms with Gasteiger partial charge in [-0.15, -0.1) is 23.7 Å². The maximum absolute atomic E-state index is 11.9. The van der Waals surface area contributed by atoms with Gasteiger partial charge in [-0.2, -0.15) is 0 Å². The number of rotatable bonds is 2. The molecule has 1 aliphatic heterocycles. The van der Waals surface area contributed by atoms with Crippen LogP contribution in [0.5, 0.6) is 0 Å². The number of amides is 1. The molecule has 1 fully saturated rings. The summed E-state index contributed by atoms with van der Waals surface area (Å²) >= 11 is 1.45. The average Bonchev–Trinajstić information content (AvgIpc) is 2.68. The first-order chi connectivity index (χ1) is 7.66. The van der Waals surface area contributed by atoms with Crippen LogP contribution in [0.1, 0.15) is 28.0 Å². The van der Waals surface area contributed by atoms with E-state index in [1.54, 1.807) is 6.20 Å². The highest BCUT2D eigenvalue weighted by molar-refractivity contribution is 7.13. The van der Waals surface area contributed by atoms with E-state index in [9.17, 15) is 4.79 Å². The fourth-order valence-corrected chi connectivity index (χ4v) is 2.62. The average molecular weight is 276 g/mol. The molecule has 4 nitrogen and oxygen atoms in total. The molecule has 1 aromatic rings. The van der Waals surface area contributed by atoms with Gasteiger partial charge in [-0.05, 0) is 32.4 Å². The van der Waals surface area contributed by atoms with Gasteiger partial charge in [-0.25, -0.2) is 4.98 Å². The summed E-state index contributed by atoms with van der Waals surface area (Å²) in [6.07, 6.45) is 2.66. The summed E-state index contributed by atoms with van der Waals surface area (Å²) in [6.45, 7) is 6.04. The maximum Gasteiger partial charge on any atom is 0.263 e. The van der Waals surface area contributed by atoms with Crippen LogP contribution in [-0.4, -0.2) is 30.0 Å². The van der Waals surface area contributed by atoms with Crippen molar-refractivity contribution in [2.75, 3.05) is 13.1 Å². The van der Waals surface area contributed by atoms with Gasteiger partial charge in [0, 0.05) is 6.04 Å². The van der Waals surface area contributed by atoms with Gasteiger partial charge in [0.05, 0.1) is 11.2 Å². The number of hydrogen-bond donors (Lipinski definition) is 2. The van der Waals surface area contributed by atoms with Crippen molar-refractivity contribution in [3.05, 3.63) is 16.1 Å². The molecule has 1 aromatic heterocycles. The number of aryl methyl sites for hydroxylation is 1. The molecule has 0 aliphatic carbocycles. The van der Waals surface area contributed by atoms with Gasteiger partial charge in [-0.3, -0.25) is 4.79 Å². The highest BCUT2D eigenvalue weighted by Crippen LogP contribution is 2.14. The molecule has 2 rings (SSSR count). The summed E-state index contributed by atoms with van der Waals surface area (Å²) in [5.74, 6) is 0.510. The molecule has 1 aliphatic rings. The van der Waals surface area contributed by atoms with Crippen LogP contribution in [0.3, 0.4) is 0 Å². The second-order valence-electron chi connectivity index (χ2n) is 4.29. The number of nitrogens with zero attached hydrogens (tertiary/aromatic N) is 1. The van der Waals surface area contributed by atoms with Crippen molar-refractivity contribution in [1.29, 1.82) is 0 Å². The predicted octanol–water partition coefficient (Wildman–Crippen LogP) is 1.60. The topological polar surface area (TPSA) is 54.0 Å². The second kappa shape index (κ2) is 6.33. The number of thiazole rings is 1. The Kier molecular flexibility index (Phi) is 5.36. The summed E-state index contributed by atoms with van der Waals surface area (Å²) in [4.78, 5) is 16.7. The number of carbonyl (C=O) groups is 1. The van der Waals surface area contributed by atoms with Gasteiger partial charge in [0.15, 0.2) is 0 Å². The van der Waals surface area contributed by atoms with Crippen molar-refractivity contribution >= 4 is 29.7 Å². The van der Waals surface area contributed by atoms with Crippen LogP contribution in [0, 0.1) is 12.8 Å². The number of halogens is 1. The Morgan fingerprint density at radius 3 is 3.00 bits per heavy atom. The molecular formula is C11H18ClN3OS. The van der Waals surface area contributed by atoms with Crippen molar-refractivity contribution in [2.45, 2.75) is 26.3 Å². The Hall–Kier alpha value is -0.650. The first kappa shape index (κ1) is 14.4. The first-order valence-corrected chi connectivity index (χ1v) is 6.42. The van der Waals surface area contributed by atoms with E-state index in [0.29, 0.717) is 10.8 Å². The van der Waals surface area contributed by atoms with Crippen LogP contribution in [0.4, 0.5) is 0 Å². The van der Waals surface area contributed by atoms with E-state index < -0.39 is 0 Å². The fourth-order valence-electron chi connectivity index (χ4n) is 1.93. The maximum atomic E-state index is 11.9. The van der Waals surface area contributed by atoms with Crippen molar-refractivity contribution in [3.63, 3.8) is 0 Å². The van der Waals surface area contributed by atoms with E-state index in [4.69, 9.17) is 0 Å². The lowest BCUT2D eigenvalue weighted by molar-refractivity contribution is 0.0918. The summed E-state index contributed by atoms with van der Waals surface area (Å²) < 4.78 is 0. The molecule has 17 heavy (non-hydrogen) atoms. The first-order valence-electron chi connectivity index (χ1n) is 5.61. The fraction of sp³-hybridized carbons (Fsp3) is 0.636. The molecular weight excluding hydrogens is 258 g/mol. The largest absolute Gasteiger partial charge is 0.348 e. The van der Waals surface area contributed by atoms with E-state index in [1.165, 1.54) is 11.3 Å². The molecule has 0 bridgehead atoms. The Bertz CT molecular complexity index is 383. The van der Waals surface area contributed by atoms with E-state index in [2.05, 4.69) is 22.5 Å². The van der Waals surface area contributed by atoms with Crippen molar-refractivity contribution in [2.24, 2.45) is 5.92 Å². The van der Waals surface area contributed by atoms with Gasteiger partial charge in [0.25, 0.3) is 5.91 Å². The van der Waals surface area contributed by atoms with Gasteiger partial charge in [0.1, 0.15) is 4.88 Å². The summed E-state index contributed by atoms with van der Waals surface area (Å²) in [7, 11) is 0. The number of aromatic nitrogens is 1. The monoisotopic (exact) mass is 275 g/mol. The molecule has 0 saturated carbocycles. The summed E-state index contributed by atoms with van der Waals surface area (Å²) in [6, 6.07) is 0.288. The molecule has 2 heterocycles. The molecule has 1 amide bonds. The zero-order chi connectivity index (χ0) is 11.5. The Balaban J connectivity index is 0.00000144. The van der Waals surface area contributed by atoms with Crippen molar-refractivity contribution in [1.82, 2.24) is 15.6 Å². The smallest absolute Gasteiger partial charge is 0.263 e. The lowest BCUT2D eigenvalue weighted by atomic mass is 9.95. The van der Waals surface area contributed by atoms with E-state index in [-0.39, 0.29) is 24.4 Å². The van der Waals surface area contributed by atoms with Crippen molar-refractivity contribution < 1.29 is 4.79 Å². The van der Waals surface area contributed by atoms with E-state index in [0.717, 1.165) is 24.5 Å². The normalized spacial score (nSPS) is 23.9. The van der Waals surface area contributed by atoms with Gasteiger partial charge in [-0.1, -0.05) is 6.92 Å². The Labute approximate surface area is 112 Å². The van der Waals surface area contributed by atoms with Crippen LogP contribution in [0.15, 0.2) is 6.20 Å². The minimum Gasteiger partial charge on any atom is -0.348 e. The van der Waals surface area contributed by atoms with Crippen LogP contribution >= 0.6 is 23.7 Å². The van der Waals surface area contributed by atoms with Crippen LogP contribution in [-0.2, 0) is 0 Å². The summed E-state index contributed by atoms with van der Waals surface area (Å²) in [5, 5.41) is 7.34. The zero-order valence-electron chi connectivity index (χ0n) is 10.0. The minimum atomic E-state index is 0. The van der Waals surface area contributed by atoms with Gasteiger partial charge >= 0.3 is 0 Å². The third-order valence-electron chi connectivity index (χ3n) is 2.95. The number of hydrogen-bond acceptors (Lipinski definition) is 4. The minimum absolute atomic E-state index is 0. The zero-order valence-corrected chi connectivity index (χ0v) is 11.7. The predicted molar refractivity (Wildman–Crippen MR) is 72.0 cm³/mol. The molecule has 0 spiro atoms. The lowest BCUT2D eigenvalue weighted by Crippen LogP contribution is -2.48. The van der Waals surface area contributed by atoms with Crippen LogP contribution in [0.25, 0.3) is 0 Å². The molecule has 2 unspecified atom stereocenters. The highest BCUT2D eigenvalue weighted by Gasteiger charge is 2.23. The number of nitrogens with one attached hydrogen (secondary N) is 2. The SMILES string of the molecule is Cc1ncc(C(=O)NC2CCNCC2C)s1.Cl. The highest BCUT2D eigenvalue weighted by atomic mass is 35.5. The molecule has 1 saturated heterocycles. The quantitative estimate of drug-likeness (QED) is 0.862. The number of carbonyl (C=O) groups excluding carboxylic acids is 1. The molecule has 2 N–H and O–H groups in total. The van der Waals surface area contributed by atoms with Crippen LogP contribution < -0.4 is 10.6 Å². The molecule has 0 radical (unpaired) electrons. The molecule has 96 valence electrons. The van der Waals surface area contributed by atoms with Gasteiger partial charge in [0.2, 0.25) is 0 Å². The lowest BCUT2D eigenvalue weighted by Gasteiger charge is -2.29. The standard InChI is InChI=1S/C11H17N3OS.ClH/c1-7-5-12-4-3-9(7)14-11(15)10-6-13-8(2)16-10;/h6-7,9,12H,3-5H2,1-2H3,(H,14,15);1H. The third-order valence-corrected chi connectivity index (χ3v) is 3.86. The van der Waals surface area contributed by atoms with Crippen molar-refractivity contribution in [3.8, 4) is 0 Å². The third kappa shape index (κ3) is 3.66. The van der Waals surface area contributed by atoms with Crippen LogP contribution in [0.2, 0.25) is 0 Å². The Morgan fingerprint density at radius 2 is 2.41 bits per heavy atom. The van der Waals surface area contributed by atoms with E-state index >= 15 is 0 Å². The Morgan fingerprint density at radius 1 is 1.65 bits per heavy atom. The van der Waals surface area contributed by atoms with Gasteiger partial charge < -0.3 is 10.6 Å². The molecule has 0 aromatic carbocycles. The molecule has 2 atom stereocenters. The summed E-state index contributed by atoms with van der Waals surface area (Å²) in [5.41, 5.74) is 0. The van der Waals surface area contributed by atoms with E-state index in [1.807, 2.05) is 6.92 Å². The molecule has 6 heteroatoms. The number of piperidine rings is 1. The second-order valence-corrected chi connectivity index (χ2v) is 5.53.